The highest BCUT2D eigenvalue weighted by molar-refractivity contribution is 5.68. The SMILES string of the molecule is CC1CN(C(=O)OC(C)(C)C)CC1N=C=O. The van der Waals surface area contributed by atoms with E-state index in [0.717, 1.165) is 0 Å². The second kappa shape index (κ2) is 4.66. The normalized spacial score (nSPS) is 25.1. The van der Waals surface area contributed by atoms with Gasteiger partial charge in [0.2, 0.25) is 6.08 Å². The first-order valence-corrected chi connectivity index (χ1v) is 5.38. The summed E-state index contributed by atoms with van der Waals surface area (Å²) in [6, 6.07) is -0.148. The van der Waals surface area contributed by atoms with Crippen LogP contribution in [0.3, 0.4) is 0 Å². The zero-order chi connectivity index (χ0) is 12.3. The van der Waals surface area contributed by atoms with Crippen molar-refractivity contribution in [3.63, 3.8) is 0 Å². The molecule has 0 aromatic heterocycles. The number of amides is 1. The van der Waals surface area contributed by atoms with Gasteiger partial charge in [-0.05, 0) is 26.7 Å². The molecule has 0 aliphatic carbocycles. The van der Waals surface area contributed by atoms with Gasteiger partial charge in [0.1, 0.15) is 5.60 Å². The molecule has 2 atom stereocenters. The number of hydrogen-bond donors (Lipinski definition) is 0. The summed E-state index contributed by atoms with van der Waals surface area (Å²) >= 11 is 0. The molecule has 0 radical (unpaired) electrons. The van der Waals surface area contributed by atoms with E-state index in [2.05, 4.69) is 4.99 Å². The molecule has 0 N–H and O–H groups in total. The summed E-state index contributed by atoms with van der Waals surface area (Å²) in [6.07, 6.45) is 1.20. The standard InChI is InChI=1S/C11H18N2O3/c1-8-5-13(6-9(8)12-7-14)10(15)16-11(2,3)4/h8-9H,5-6H2,1-4H3. The maximum absolute atomic E-state index is 11.7. The molecule has 0 spiro atoms. The van der Waals surface area contributed by atoms with Gasteiger partial charge in [-0.15, -0.1) is 0 Å². The number of carbonyl (C=O) groups is 1. The largest absolute Gasteiger partial charge is 0.444 e. The molecule has 1 amide bonds. The van der Waals surface area contributed by atoms with Gasteiger partial charge in [-0.1, -0.05) is 6.92 Å². The second-order valence-electron chi connectivity index (χ2n) is 5.15. The van der Waals surface area contributed by atoms with Gasteiger partial charge >= 0.3 is 6.09 Å². The van der Waals surface area contributed by atoms with Gasteiger partial charge in [-0.25, -0.2) is 14.6 Å². The first-order chi connectivity index (χ1) is 7.33. The fourth-order valence-electron chi connectivity index (χ4n) is 1.66. The number of isocyanates is 1. The Hall–Kier alpha value is -1.35. The molecule has 5 heteroatoms. The molecule has 0 bridgehead atoms. The van der Waals surface area contributed by atoms with Crippen LogP contribution in [0.1, 0.15) is 27.7 Å². The van der Waals surface area contributed by atoms with Crippen LogP contribution in [0.25, 0.3) is 0 Å². The Morgan fingerprint density at radius 3 is 2.56 bits per heavy atom. The van der Waals surface area contributed by atoms with Gasteiger partial charge in [0.25, 0.3) is 0 Å². The average Bonchev–Trinajstić information content (AvgIpc) is 2.46. The summed E-state index contributed by atoms with van der Waals surface area (Å²) < 4.78 is 5.24. The van der Waals surface area contributed by atoms with Crippen molar-refractivity contribution in [1.29, 1.82) is 0 Å². The van der Waals surface area contributed by atoms with Gasteiger partial charge in [0.15, 0.2) is 0 Å². The first-order valence-electron chi connectivity index (χ1n) is 5.38. The fourth-order valence-corrected chi connectivity index (χ4v) is 1.66. The molecule has 1 rings (SSSR count). The van der Waals surface area contributed by atoms with Crippen LogP contribution in [0.15, 0.2) is 4.99 Å². The third-order valence-corrected chi connectivity index (χ3v) is 2.44. The van der Waals surface area contributed by atoms with Crippen molar-refractivity contribution in [2.24, 2.45) is 10.9 Å². The highest BCUT2D eigenvalue weighted by Gasteiger charge is 2.34. The minimum Gasteiger partial charge on any atom is -0.444 e. The van der Waals surface area contributed by atoms with Crippen molar-refractivity contribution in [2.75, 3.05) is 13.1 Å². The molecule has 2 unspecified atom stereocenters. The van der Waals surface area contributed by atoms with Crippen molar-refractivity contribution in [1.82, 2.24) is 4.90 Å². The van der Waals surface area contributed by atoms with Crippen LogP contribution in [0.5, 0.6) is 0 Å². The highest BCUT2D eigenvalue weighted by atomic mass is 16.6. The molecule has 1 saturated heterocycles. The number of aliphatic imine (C=N–C) groups is 1. The number of nitrogens with zero attached hydrogens (tertiary/aromatic N) is 2. The summed E-state index contributed by atoms with van der Waals surface area (Å²) in [4.78, 5) is 27.2. The van der Waals surface area contributed by atoms with Crippen LogP contribution < -0.4 is 0 Å². The van der Waals surface area contributed by atoms with E-state index in [1.807, 2.05) is 27.7 Å². The van der Waals surface area contributed by atoms with Gasteiger partial charge in [0, 0.05) is 13.1 Å². The van der Waals surface area contributed by atoms with Crippen molar-refractivity contribution in [3.05, 3.63) is 0 Å². The van der Waals surface area contributed by atoms with E-state index >= 15 is 0 Å². The highest BCUT2D eigenvalue weighted by Crippen LogP contribution is 2.21. The lowest BCUT2D eigenvalue weighted by molar-refractivity contribution is 0.0288. The quantitative estimate of drug-likeness (QED) is 0.503. The second-order valence-corrected chi connectivity index (χ2v) is 5.15. The number of likely N-dealkylation sites (tertiary alicyclic amines) is 1. The van der Waals surface area contributed by atoms with Crippen LogP contribution >= 0.6 is 0 Å². The summed E-state index contributed by atoms with van der Waals surface area (Å²) in [5.74, 6) is 0.175. The van der Waals surface area contributed by atoms with E-state index < -0.39 is 5.60 Å². The Balaban J connectivity index is 2.58. The smallest absolute Gasteiger partial charge is 0.410 e. The zero-order valence-electron chi connectivity index (χ0n) is 10.2. The van der Waals surface area contributed by atoms with E-state index in [-0.39, 0.29) is 18.1 Å². The van der Waals surface area contributed by atoms with Gasteiger partial charge in [-0.2, -0.15) is 0 Å². The molecule has 5 nitrogen and oxygen atoms in total. The topological polar surface area (TPSA) is 59.0 Å². The molecule has 90 valence electrons. The molecule has 16 heavy (non-hydrogen) atoms. The lowest BCUT2D eigenvalue weighted by Crippen LogP contribution is -2.35. The predicted molar refractivity (Wildman–Crippen MR) is 58.9 cm³/mol. The van der Waals surface area contributed by atoms with E-state index in [1.54, 1.807) is 11.0 Å². The van der Waals surface area contributed by atoms with Crippen LogP contribution in [0.4, 0.5) is 4.79 Å². The number of ether oxygens (including phenoxy) is 1. The maximum atomic E-state index is 11.7. The van der Waals surface area contributed by atoms with Gasteiger partial charge in [0.05, 0.1) is 6.04 Å². The van der Waals surface area contributed by atoms with Gasteiger partial charge in [-0.3, -0.25) is 0 Å². The molecular formula is C11H18N2O3. The van der Waals surface area contributed by atoms with E-state index in [9.17, 15) is 9.59 Å². The summed E-state index contributed by atoms with van der Waals surface area (Å²) in [7, 11) is 0. The zero-order valence-corrected chi connectivity index (χ0v) is 10.2. The molecular weight excluding hydrogens is 208 g/mol. The van der Waals surface area contributed by atoms with Gasteiger partial charge < -0.3 is 9.64 Å². The number of rotatable bonds is 1. The fraction of sp³-hybridized carbons (Fsp3) is 0.818. The lowest BCUT2D eigenvalue weighted by Gasteiger charge is -2.24. The summed E-state index contributed by atoms with van der Waals surface area (Å²) in [5, 5.41) is 0. The number of hydrogen-bond acceptors (Lipinski definition) is 4. The Morgan fingerprint density at radius 2 is 2.06 bits per heavy atom. The van der Waals surface area contributed by atoms with Crippen molar-refractivity contribution in [2.45, 2.75) is 39.3 Å². The molecule has 1 aliphatic rings. The van der Waals surface area contributed by atoms with Crippen LogP contribution in [-0.2, 0) is 9.53 Å². The lowest BCUT2D eigenvalue weighted by atomic mass is 10.1. The Labute approximate surface area is 95.5 Å². The minimum atomic E-state index is -0.494. The maximum Gasteiger partial charge on any atom is 0.410 e. The van der Waals surface area contributed by atoms with Crippen molar-refractivity contribution >= 4 is 12.2 Å². The third kappa shape index (κ3) is 3.35. The Kier molecular flexibility index (Phi) is 3.70. The first kappa shape index (κ1) is 12.7. The molecule has 1 aliphatic heterocycles. The van der Waals surface area contributed by atoms with Crippen LogP contribution in [0, 0.1) is 5.92 Å². The molecule has 1 fully saturated rings. The predicted octanol–water partition coefficient (Wildman–Crippen LogP) is 1.58. The average molecular weight is 226 g/mol. The molecule has 0 aromatic carbocycles. The Morgan fingerprint density at radius 1 is 1.44 bits per heavy atom. The van der Waals surface area contributed by atoms with E-state index in [0.29, 0.717) is 13.1 Å². The molecule has 0 saturated carbocycles. The van der Waals surface area contributed by atoms with Crippen molar-refractivity contribution in [3.8, 4) is 0 Å². The Bertz CT molecular complexity index is 316. The van der Waals surface area contributed by atoms with Crippen LogP contribution in [-0.4, -0.2) is 41.8 Å². The third-order valence-electron chi connectivity index (χ3n) is 2.44. The number of carbonyl (C=O) groups excluding carboxylic acids is 2. The summed E-state index contributed by atoms with van der Waals surface area (Å²) in [5.41, 5.74) is -0.494. The minimum absolute atomic E-state index is 0.148. The molecule has 1 heterocycles. The monoisotopic (exact) mass is 226 g/mol. The van der Waals surface area contributed by atoms with Crippen molar-refractivity contribution < 1.29 is 14.3 Å². The molecule has 0 aromatic rings. The summed E-state index contributed by atoms with van der Waals surface area (Å²) in [6.45, 7) is 8.44. The van der Waals surface area contributed by atoms with E-state index in [1.165, 1.54) is 0 Å². The van der Waals surface area contributed by atoms with Crippen LogP contribution in [0.2, 0.25) is 0 Å². The van der Waals surface area contributed by atoms with E-state index in [4.69, 9.17) is 4.74 Å².